The molecule has 0 unspecified atom stereocenters. The number of pyridine rings is 1. The highest BCUT2D eigenvalue weighted by Crippen LogP contribution is 2.32. The number of hydrogen-bond acceptors (Lipinski definition) is 4. The molecule has 0 fully saturated rings. The summed E-state index contributed by atoms with van der Waals surface area (Å²) in [4.78, 5) is 5.36. The predicted molar refractivity (Wildman–Crippen MR) is 73.9 cm³/mol. The van der Waals surface area contributed by atoms with E-state index < -0.39 is 0 Å². The number of nitrogens with zero attached hydrogens (tertiary/aromatic N) is 1. The van der Waals surface area contributed by atoms with E-state index in [9.17, 15) is 0 Å². The summed E-state index contributed by atoms with van der Waals surface area (Å²) >= 11 is 1.55. The van der Waals surface area contributed by atoms with Gasteiger partial charge in [-0.2, -0.15) is 0 Å². The van der Waals surface area contributed by atoms with E-state index in [4.69, 9.17) is 11.5 Å². The third-order valence-electron chi connectivity index (χ3n) is 2.73. The Balaban J connectivity index is 2.24. The Hall–Kier alpha value is -2.07. The highest BCUT2D eigenvalue weighted by molar-refractivity contribution is 7.17. The second-order valence-corrected chi connectivity index (χ2v) is 4.71. The van der Waals surface area contributed by atoms with Gasteiger partial charge in [0, 0.05) is 33.8 Å². The minimum Gasteiger partial charge on any atom is -0.398 e. The van der Waals surface area contributed by atoms with Gasteiger partial charge in [0.2, 0.25) is 0 Å². The van der Waals surface area contributed by atoms with Gasteiger partial charge in [-0.15, -0.1) is 11.3 Å². The van der Waals surface area contributed by atoms with Crippen LogP contribution in [0.3, 0.4) is 0 Å². The van der Waals surface area contributed by atoms with Crippen molar-refractivity contribution in [2.24, 2.45) is 0 Å². The van der Waals surface area contributed by atoms with Crippen LogP contribution in [0.15, 0.2) is 41.9 Å². The molecule has 3 nitrogen and oxygen atoms in total. The molecule has 0 aliphatic rings. The van der Waals surface area contributed by atoms with Crippen LogP contribution in [0, 0.1) is 0 Å². The standard InChI is InChI=1S/C13H11N3S/c14-11-4-2-1-3-9(11)8-5-10-12(15)7-17-13(10)16-6-8/h1-7H,14-15H2. The molecule has 2 aromatic heterocycles. The molecule has 3 rings (SSSR count). The van der Waals surface area contributed by atoms with E-state index in [0.717, 1.165) is 32.7 Å². The van der Waals surface area contributed by atoms with Gasteiger partial charge in [0.05, 0.1) is 5.69 Å². The van der Waals surface area contributed by atoms with Gasteiger partial charge in [-0.1, -0.05) is 18.2 Å². The van der Waals surface area contributed by atoms with Crippen molar-refractivity contribution in [2.45, 2.75) is 0 Å². The molecule has 2 heterocycles. The molecule has 4 N–H and O–H groups in total. The van der Waals surface area contributed by atoms with E-state index in [1.54, 1.807) is 11.3 Å². The average molecular weight is 241 g/mol. The zero-order valence-electron chi connectivity index (χ0n) is 9.05. The number of benzene rings is 1. The highest BCUT2D eigenvalue weighted by atomic mass is 32.1. The van der Waals surface area contributed by atoms with Crippen LogP contribution in [0.2, 0.25) is 0 Å². The maximum atomic E-state index is 5.95. The van der Waals surface area contributed by atoms with Gasteiger partial charge in [0.25, 0.3) is 0 Å². The molecule has 3 aromatic rings. The van der Waals surface area contributed by atoms with Crippen LogP contribution < -0.4 is 11.5 Å². The second kappa shape index (κ2) is 3.75. The van der Waals surface area contributed by atoms with E-state index >= 15 is 0 Å². The number of hydrogen-bond donors (Lipinski definition) is 2. The number of fused-ring (bicyclic) bond motifs is 1. The summed E-state index contributed by atoms with van der Waals surface area (Å²) in [5.74, 6) is 0. The molecule has 17 heavy (non-hydrogen) atoms. The van der Waals surface area contributed by atoms with Crippen molar-refractivity contribution in [3.8, 4) is 11.1 Å². The lowest BCUT2D eigenvalue weighted by Gasteiger charge is -2.05. The summed E-state index contributed by atoms with van der Waals surface area (Å²) in [6.07, 6.45) is 1.84. The van der Waals surface area contributed by atoms with Gasteiger partial charge < -0.3 is 11.5 Å². The summed E-state index contributed by atoms with van der Waals surface area (Å²) in [5, 5.41) is 2.91. The zero-order chi connectivity index (χ0) is 11.8. The normalized spacial score (nSPS) is 10.8. The van der Waals surface area contributed by atoms with Gasteiger partial charge in [0.1, 0.15) is 4.83 Å². The van der Waals surface area contributed by atoms with E-state index in [-0.39, 0.29) is 0 Å². The SMILES string of the molecule is Nc1ccccc1-c1cnc2scc(N)c2c1. The molecule has 4 heteroatoms. The smallest absolute Gasteiger partial charge is 0.125 e. The lowest BCUT2D eigenvalue weighted by atomic mass is 10.0. The van der Waals surface area contributed by atoms with Gasteiger partial charge in [-0.05, 0) is 12.1 Å². The predicted octanol–water partition coefficient (Wildman–Crippen LogP) is 3.13. The maximum Gasteiger partial charge on any atom is 0.125 e. The molecule has 0 bridgehead atoms. The van der Waals surface area contributed by atoms with Crippen molar-refractivity contribution in [2.75, 3.05) is 11.5 Å². The number of anilines is 2. The van der Waals surface area contributed by atoms with Gasteiger partial charge in [-0.25, -0.2) is 4.98 Å². The lowest BCUT2D eigenvalue weighted by Crippen LogP contribution is -1.90. The third-order valence-corrected chi connectivity index (χ3v) is 3.65. The molecule has 0 aliphatic carbocycles. The van der Waals surface area contributed by atoms with Gasteiger partial charge in [-0.3, -0.25) is 0 Å². The first-order valence-corrected chi connectivity index (χ1v) is 6.11. The largest absolute Gasteiger partial charge is 0.398 e. The van der Waals surface area contributed by atoms with Crippen LogP contribution in [-0.4, -0.2) is 4.98 Å². The number of rotatable bonds is 1. The Morgan fingerprint density at radius 3 is 2.71 bits per heavy atom. The van der Waals surface area contributed by atoms with Crippen molar-refractivity contribution < 1.29 is 0 Å². The molecular weight excluding hydrogens is 230 g/mol. The first-order chi connectivity index (χ1) is 8.25. The molecule has 0 saturated heterocycles. The van der Waals surface area contributed by atoms with Crippen LogP contribution in [-0.2, 0) is 0 Å². The third kappa shape index (κ3) is 1.62. The molecule has 0 atom stereocenters. The monoisotopic (exact) mass is 241 g/mol. The number of nitrogens with two attached hydrogens (primary N) is 2. The first kappa shape index (κ1) is 10.1. The van der Waals surface area contributed by atoms with Crippen LogP contribution in [0.1, 0.15) is 0 Å². The molecule has 1 aromatic carbocycles. The summed E-state index contributed by atoms with van der Waals surface area (Å²) in [6, 6.07) is 9.80. The van der Waals surface area contributed by atoms with E-state index in [1.807, 2.05) is 41.9 Å². The molecule has 0 amide bonds. The molecular formula is C13H11N3S. The van der Waals surface area contributed by atoms with Crippen molar-refractivity contribution in [3.05, 3.63) is 41.9 Å². The Bertz CT molecular complexity index is 688. The number of aromatic nitrogens is 1. The van der Waals surface area contributed by atoms with Gasteiger partial charge in [0.15, 0.2) is 0 Å². The number of nitrogen functional groups attached to an aromatic ring is 2. The van der Waals surface area contributed by atoms with Crippen LogP contribution in [0.25, 0.3) is 21.3 Å². The van der Waals surface area contributed by atoms with Crippen LogP contribution >= 0.6 is 11.3 Å². The summed E-state index contributed by atoms with van der Waals surface area (Å²) in [5.41, 5.74) is 15.4. The van der Waals surface area contributed by atoms with Crippen LogP contribution in [0.5, 0.6) is 0 Å². The topological polar surface area (TPSA) is 64.9 Å². The Labute approximate surface area is 103 Å². The van der Waals surface area contributed by atoms with Crippen molar-refractivity contribution in [1.29, 1.82) is 0 Å². The fraction of sp³-hybridized carbons (Fsp3) is 0. The molecule has 84 valence electrons. The lowest BCUT2D eigenvalue weighted by molar-refractivity contribution is 1.44. The molecule has 0 saturated carbocycles. The minimum atomic E-state index is 0.752. The van der Waals surface area contributed by atoms with Crippen LogP contribution in [0.4, 0.5) is 11.4 Å². The Morgan fingerprint density at radius 1 is 1.06 bits per heavy atom. The highest BCUT2D eigenvalue weighted by Gasteiger charge is 2.06. The number of thiophene rings is 1. The first-order valence-electron chi connectivity index (χ1n) is 5.23. The maximum absolute atomic E-state index is 5.95. The minimum absolute atomic E-state index is 0.752. The average Bonchev–Trinajstić information content (AvgIpc) is 2.71. The summed E-state index contributed by atoms with van der Waals surface area (Å²) in [7, 11) is 0. The van der Waals surface area contributed by atoms with Crippen molar-refractivity contribution in [3.63, 3.8) is 0 Å². The second-order valence-electron chi connectivity index (χ2n) is 3.86. The molecule has 0 spiro atoms. The van der Waals surface area contributed by atoms with E-state index in [0.29, 0.717) is 0 Å². The van der Waals surface area contributed by atoms with Crippen molar-refractivity contribution in [1.82, 2.24) is 4.98 Å². The molecule has 0 radical (unpaired) electrons. The Kier molecular flexibility index (Phi) is 2.23. The quantitative estimate of drug-likeness (QED) is 0.643. The van der Waals surface area contributed by atoms with E-state index in [2.05, 4.69) is 4.98 Å². The molecule has 0 aliphatic heterocycles. The zero-order valence-corrected chi connectivity index (χ0v) is 9.87. The Morgan fingerprint density at radius 2 is 1.88 bits per heavy atom. The van der Waals surface area contributed by atoms with E-state index in [1.165, 1.54) is 0 Å². The van der Waals surface area contributed by atoms with Gasteiger partial charge >= 0.3 is 0 Å². The fourth-order valence-corrected chi connectivity index (χ4v) is 2.63. The van der Waals surface area contributed by atoms with Crippen molar-refractivity contribution >= 4 is 32.9 Å². The summed E-state index contributed by atoms with van der Waals surface area (Å²) in [6.45, 7) is 0. The summed E-state index contributed by atoms with van der Waals surface area (Å²) < 4.78 is 0. The fourth-order valence-electron chi connectivity index (χ4n) is 1.84. The number of para-hydroxylation sites is 1.